The second-order valence-corrected chi connectivity index (χ2v) is 10.7. The van der Waals surface area contributed by atoms with E-state index in [4.69, 9.17) is 14.5 Å². The Hall–Kier alpha value is -1.75. The monoisotopic (exact) mass is 448 g/mol. The Bertz CT molecular complexity index is 933. The molecular weight excluding hydrogens is 420 g/mol. The van der Waals surface area contributed by atoms with E-state index >= 15 is 0 Å². The third kappa shape index (κ3) is 4.32. The molecule has 0 bridgehead atoms. The van der Waals surface area contributed by atoms with E-state index in [2.05, 4.69) is 32.6 Å². The molecule has 0 saturated carbocycles. The first-order chi connectivity index (χ1) is 14.7. The van der Waals surface area contributed by atoms with Gasteiger partial charge in [0.1, 0.15) is 12.4 Å². The zero-order valence-corrected chi connectivity index (χ0v) is 18.5. The standard InChI is InChI=1S/C20H28N6O2S2/c21-30(27)15-3-1-2-13(8-15)24-20-23-10-17-19(25-20)16-9-14(29-18(16)12-28-17)11-26-6-4-22-5-7-26/h1-3,8,14,16,18,21-22,30H,4-7,9-12H2,(H2,23,24,25). The van der Waals surface area contributed by atoms with E-state index in [1.54, 1.807) is 12.1 Å². The minimum atomic E-state index is -2.11. The molecule has 1 aromatic carbocycles. The average molecular weight is 449 g/mol. The van der Waals surface area contributed by atoms with E-state index in [1.807, 2.05) is 12.1 Å². The molecule has 0 aliphatic carbocycles. The lowest BCUT2D eigenvalue weighted by molar-refractivity contribution is 0.164. The summed E-state index contributed by atoms with van der Waals surface area (Å²) in [5.41, 5.74) is 1.86. The number of thioether (sulfide) groups is 1. The summed E-state index contributed by atoms with van der Waals surface area (Å²) < 4.78 is 25.0. The van der Waals surface area contributed by atoms with Crippen molar-refractivity contribution in [1.29, 1.82) is 4.78 Å². The fraction of sp³-hybridized carbons (Fsp3) is 0.550. The normalized spacial score (nSPS) is 29.9. The van der Waals surface area contributed by atoms with E-state index in [-0.39, 0.29) is 0 Å². The van der Waals surface area contributed by atoms with Crippen LogP contribution >= 0.6 is 11.8 Å². The molecule has 162 valence electrons. The van der Waals surface area contributed by atoms with Crippen LogP contribution < -0.4 is 16.0 Å². The summed E-state index contributed by atoms with van der Waals surface area (Å²) in [7, 11) is -2.11. The highest BCUT2D eigenvalue weighted by molar-refractivity contribution is 8.00. The molecule has 0 amide bonds. The lowest BCUT2D eigenvalue weighted by atomic mass is 9.93. The van der Waals surface area contributed by atoms with Gasteiger partial charge in [-0.1, -0.05) is 6.07 Å². The van der Waals surface area contributed by atoms with Gasteiger partial charge in [0.2, 0.25) is 5.96 Å². The molecule has 4 aliphatic rings. The van der Waals surface area contributed by atoms with Crippen LogP contribution in [0.3, 0.4) is 0 Å². The molecule has 5 rings (SSSR count). The van der Waals surface area contributed by atoms with Crippen LogP contribution in [0.4, 0.5) is 5.69 Å². The van der Waals surface area contributed by atoms with Gasteiger partial charge in [-0.15, -0.1) is 11.8 Å². The number of hydrogen-bond donors (Lipinski definition) is 5. The molecule has 8 nitrogen and oxygen atoms in total. The summed E-state index contributed by atoms with van der Waals surface area (Å²) >= 11 is 2.07. The molecule has 4 atom stereocenters. The number of aliphatic imine (C=N–C) groups is 1. The van der Waals surface area contributed by atoms with Crippen molar-refractivity contribution in [3.63, 3.8) is 0 Å². The van der Waals surface area contributed by atoms with Crippen molar-refractivity contribution in [3.8, 4) is 0 Å². The summed E-state index contributed by atoms with van der Waals surface area (Å²) in [6.45, 7) is 6.99. The van der Waals surface area contributed by atoms with Gasteiger partial charge in [0.15, 0.2) is 0 Å². The summed E-state index contributed by atoms with van der Waals surface area (Å²) in [4.78, 5) is 7.97. The summed E-state index contributed by atoms with van der Waals surface area (Å²) in [6.07, 6.45) is 1.15. The van der Waals surface area contributed by atoms with Crippen LogP contribution in [-0.4, -0.2) is 71.4 Å². The number of nitrogens with zero attached hydrogens (tertiary/aromatic N) is 2. The first-order valence-corrected chi connectivity index (χ1v) is 12.7. The number of fused-ring (bicyclic) bond motifs is 2. The van der Waals surface area contributed by atoms with Crippen LogP contribution in [0, 0.1) is 10.7 Å². The SMILES string of the molecule is N=[SH](=O)c1cccc(NC2=NC3=C(CN2)OCC2SC(CN4CCNCC4)CC32)c1. The van der Waals surface area contributed by atoms with Gasteiger partial charge in [-0.3, -0.25) is 9.68 Å². The number of guanidine groups is 1. The van der Waals surface area contributed by atoms with Gasteiger partial charge in [0, 0.05) is 59.7 Å². The number of benzene rings is 1. The number of hydrogen-bond acceptors (Lipinski definition) is 9. The van der Waals surface area contributed by atoms with Gasteiger partial charge in [0.05, 0.1) is 22.8 Å². The largest absolute Gasteiger partial charge is 0.493 e. The Balaban J connectivity index is 1.29. The first-order valence-electron chi connectivity index (χ1n) is 10.5. The van der Waals surface area contributed by atoms with Crippen LogP contribution in [0.1, 0.15) is 6.42 Å². The van der Waals surface area contributed by atoms with Crippen molar-refractivity contribution >= 4 is 34.0 Å². The van der Waals surface area contributed by atoms with E-state index in [1.165, 1.54) is 0 Å². The highest BCUT2D eigenvalue weighted by atomic mass is 32.2. The molecule has 0 spiro atoms. The molecule has 1 aromatic rings. The molecule has 2 fully saturated rings. The molecule has 0 aromatic heterocycles. The topological polar surface area (TPSA) is 102 Å². The molecular formula is C20H28N6O2S2. The zero-order valence-electron chi connectivity index (χ0n) is 16.8. The molecule has 30 heavy (non-hydrogen) atoms. The van der Waals surface area contributed by atoms with Crippen molar-refractivity contribution in [2.45, 2.75) is 21.8 Å². The lowest BCUT2D eigenvalue weighted by Gasteiger charge is -2.32. The van der Waals surface area contributed by atoms with E-state index < -0.39 is 10.6 Å². The van der Waals surface area contributed by atoms with Crippen LogP contribution in [0.2, 0.25) is 0 Å². The third-order valence-electron chi connectivity index (χ3n) is 6.06. The third-order valence-corrected chi connectivity index (χ3v) is 8.34. The Morgan fingerprint density at radius 1 is 1.37 bits per heavy atom. The highest BCUT2D eigenvalue weighted by Crippen LogP contribution is 2.46. The fourth-order valence-corrected chi connectivity index (χ4v) is 6.73. The van der Waals surface area contributed by atoms with Crippen LogP contribution in [0.25, 0.3) is 0 Å². The summed E-state index contributed by atoms with van der Waals surface area (Å²) in [6, 6.07) is 7.16. The minimum absolute atomic E-state index is 0.430. The number of nitrogens with one attached hydrogen (secondary N) is 4. The van der Waals surface area contributed by atoms with E-state index in [0.29, 0.717) is 33.8 Å². The van der Waals surface area contributed by atoms with Gasteiger partial charge in [-0.25, -0.2) is 9.20 Å². The van der Waals surface area contributed by atoms with Gasteiger partial charge in [0.25, 0.3) is 0 Å². The van der Waals surface area contributed by atoms with Crippen molar-refractivity contribution in [2.24, 2.45) is 10.9 Å². The van der Waals surface area contributed by atoms with Crippen LogP contribution in [-0.2, 0) is 15.3 Å². The summed E-state index contributed by atoms with van der Waals surface area (Å²) in [5.74, 6) is 2.08. The minimum Gasteiger partial charge on any atom is -0.493 e. The Morgan fingerprint density at radius 3 is 3.07 bits per heavy atom. The number of thiol groups is 1. The number of anilines is 1. The number of rotatable bonds is 4. The summed E-state index contributed by atoms with van der Waals surface area (Å²) in [5, 5.41) is 11.1. The Kier molecular flexibility index (Phi) is 5.90. The quantitative estimate of drug-likeness (QED) is 0.443. The molecule has 0 radical (unpaired) electrons. The molecule has 4 unspecified atom stereocenters. The predicted molar refractivity (Wildman–Crippen MR) is 122 cm³/mol. The maximum atomic E-state index is 11.5. The highest BCUT2D eigenvalue weighted by Gasteiger charge is 2.43. The molecule has 10 heteroatoms. The van der Waals surface area contributed by atoms with Crippen molar-refractivity contribution in [1.82, 2.24) is 15.5 Å². The molecule has 4 aliphatic heterocycles. The predicted octanol–water partition coefficient (Wildman–Crippen LogP) is 1.30. The maximum Gasteiger partial charge on any atom is 0.201 e. The van der Waals surface area contributed by atoms with Gasteiger partial charge in [-0.05, 0) is 24.6 Å². The van der Waals surface area contributed by atoms with Gasteiger partial charge < -0.3 is 20.7 Å². The maximum absolute atomic E-state index is 11.5. The van der Waals surface area contributed by atoms with Crippen LogP contribution in [0.5, 0.6) is 0 Å². The number of ether oxygens (including phenoxy) is 1. The van der Waals surface area contributed by atoms with E-state index in [0.717, 1.165) is 62.9 Å². The number of piperazine rings is 1. The van der Waals surface area contributed by atoms with Gasteiger partial charge >= 0.3 is 0 Å². The molecule has 2 saturated heterocycles. The molecule has 4 N–H and O–H groups in total. The zero-order chi connectivity index (χ0) is 20.5. The Morgan fingerprint density at radius 2 is 2.23 bits per heavy atom. The molecule has 4 heterocycles. The first kappa shape index (κ1) is 20.2. The number of allylic oxidation sites excluding steroid dienone is 1. The van der Waals surface area contributed by atoms with E-state index in [9.17, 15) is 4.21 Å². The van der Waals surface area contributed by atoms with Crippen LogP contribution in [0.15, 0.2) is 45.6 Å². The second kappa shape index (κ2) is 8.78. The smallest absolute Gasteiger partial charge is 0.201 e. The fourth-order valence-electron chi connectivity index (χ4n) is 4.57. The lowest BCUT2D eigenvalue weighted by Crippen LogP contribution is -2.45. The van der Waals surface area contributed by atoms with Crippen molar-refractivity contribution < 1.29 is 8.95 Å². The van der Waals surface area contributed by atoms with Gasteiger partial charge in [-0.2, -0.15) is 0 Å². The van der Waals surface area contributed by atoms with Crippen molar-refractivity contribution in [2.75, 3.05) is 51.2 Å². The average Bonchev–Trinajstić information content (AvgIpc) is 3.17. The van der Waals surface area contributed by atoms with Crippen molar-refractivity contribution in [3.05, 3.63) is 35.7 Å². The second-order valence-electron chi connectivity index (χ2n) is 8.09. The Labute approximate surface area is 182 Å².